The van der Waals surface area contributed by atoms with Crippen LogP contribution < -0.4 is 16.0 Å². The molecule has 2 aliphatic heterocycles. The number of aromatic nitrogens is 1. The van der Waals surface area contributed by atoms with Crippen LogP contribution in [0.2, 0.25) is 5.02 Å². The van der Waals surface area contributed by atoms with Crippen LogP contribution in [0.4, 0.5) is 16.3 Å². The van der Waals surface area contributed by atoms with Gasteiger partial charge in [0.2, 0.25) is 5.91 Å². The summed E-state index contributed by atoms with van der Waals surface area (Å²) >= 11 is 5.84. The fourth-order valence-electron chi connectivity index (χ4n) is 3.85. The Hall–Kier alpha value is -2.68. The maximum Gasteiger partial charge on any atom is 0.323 e. The van der Waals surface area contributed by atoms with Crippen LogP contribution in [0.1, 0.15) is 17.5 Å². The van der Waals surface area contributed by atoms with Crippen LogP contribution in [0.15, 0.2) is 36.5 Å². The average molecular weight is 430 g/mol. The summed E-state index contributed by atoms with van der Waals surface area (Å²) in [5.41, 5.74) is 3.22. The number of anilines is 2. The number of nitrogens with one attached hydrogen (secondary N) is 3. The Labute approximate surface area is 179 Å². The minimum atomic E-state index is -0.639. The first-order valence-electron chi connectivity index (χ1n) is 9.89. The predicted molar refractivity (Wildman–Crippen MR) is 115 cm³/mol. The summed E-state index contributed by atoms with van der Waals surface area (Å²) in [6.07, 6.45) is 2.60. The number of nitrogens with zero attached hydrogens (tertiary/aromatic N) is 2. The van der Waals surface area contributed by atoms with Gasteiger partial charge in [0.15, 0.2) is 0 Å². The highest BCUT2D eigenvalue weighted by Gasteiger charge is 2.40. The van der Waals surface area contributed by atoms with E-state index in [2.05, 4.69) is 20.9 Å². The number of carbonyl (C=O) groups is 2. The first-order valence-corrected chi connectivity index (χ1v) is 10.3. The van der Waals surface area contributed by atoms with E-state index in [1.165, 1.54) is 22.2 Å². The van der Waals surface area contributed by atoms with Crippen LogP contribution in [-0.2, 0) is 22.5 Å². The molecule has 0 saturated carbocycles. The molecule has 1 saturated heterocycles. The summed E-state index contributed by atoms with van der Waals surface area (Å²) in [6.45, 7) is 2.09. The third-order valence-electron chi connectivity index (χ3n) is 5.48. The van der Waals surface area contributed by atoms with Crippen molar-refractivity contribution in [2.75, 3.05) is 30.8 Å². The zero-order valence-corrected chi connectivity index (χ0v) is 17.4. The molecule has 3 N–H and O–H groups in total. The molecule has 3 amide bonds. The molecule has 0 bridgehead atoms. The Morgan fingerprint density at radius 2 is 2.10 bits per heavy atom. The largest absolute Gasteiger partial charge is 0.380 e. The predicted octanol–water partition coefficient (Wildman–Crippen LogP) is 2.64. The van der Waals surface area contributed by atoms with Crippen molar-refractivity contribution in [3.05, 3.63) is 52.7 Å². The zero-order valence-electron chi connectivity index (χ0n) is 16.7. The van der Waals surface area contributed by atoms with Crippen LogP contribution in [0.5, 0.6) is 0 Å². The van der Waals surface area contributed by atoms with Crippen molar-refractivity contribution in [2.24, 2.45) is 0 Å². The molecule has 0 radical (unpaired) electrons. The molecule has 9 heteroatoms. The van der Waals surface area contributed by atoms with E-state index in [4.69, 9.17) is 16.3 Å². The van der Waals surface area contributed by atoms with E-state index in [0.29, 0.717) is 23.8 Å². The highest BCUT2D eigenvalue weighted by atomic mass is 35.5. The molecule has 0 aliphatic carbocycles. The molecular formula is C21H24ClN5O3. The van der Waals surface area contributed by atoms with Gasteiger partial charge >= 0.3 is 6.03 Å². The van der Waals surface area contributed by atoms with Gasteiger partial charge in [0.05, 0.1) is 11.1 Å². The van der Waals surface area contributed by atoms with Crippen molar-refractivity contribution in [1.82, 2.24) is 15.2 Å². The van der Waals surface area contributed by atoms with Crippen LogP contribution in [0.25, 0.3) is 0 Å². The molecule has 4 rings (SSSR count). The minimum Gasteiger partial charge on any atom is -0.380 e. The van der Waals surface area contributed by atoms with Crippen LogP contribution >= 0.6 is 11.6 Å². The normalized spacial score (nSPS) is 20.5. The fourth-order valence-corrected chi connectivity index (χ4v) is 3.96. The van der Waals surface area contributed by atoms with Crippen molar-refractivity contribution in [1.29, 1.82) is 0 Å². The van der Waals surface area contributed by atoms with Crippen molar-refractivity contribution in [3.63, 3.8) is 0 Å². The monoisotopic (exact) mass is 429 g/mol. The van der Waals surface area contributed by atoms with E-state index in [1.54, 1.807) is 19.2 Å². The lowest BCUT2D eigenvalue weighted by atomic mass is 10.0. The molecule has 1 aromatic carbocycles. The number of urea groups is 1. The summed E-state index contributed by atoms with van der Waals surface area (Å²) in [4.78, 5) is 31.4. The number of benzene rings is 1. The molecule has 3 heterocycles. The van der Waals surface area contributed by atoms with Crippen LogP contribution in [0.3, 0.4) is 0 Å². The molecule has 2 aliphatic rings. The van der Waals surface area contributed by atoms with Gasteiger partial charge in [0.1, 0.15) is 11.9 Å². The maximum atomic E-state index is 13.0. The second-order valence-electron chi connectivity index (χ2n) is 7.45. The number of methoxy groups -OCH3 is 1. The van der Waals surface area contributed by atoms with Gasteiger partial charge in [-0.3, -0.25) is 10.1 Å². The van der Waals surface area contributed by atoms with Gasteiger partial charge in [-0.15, -0.1) is 0 Å². The van der Waals surface area contributed by atoms with Gasteiger partial charge in [0, 0.05) is 38.5 Å². The smallest absolute Gasteiger partial charge is 0.323 e. The summed E-state index contributed by atoms with van der Waals surface area (Å²) in [5.74, 6) is 0.135. The molecule has 8 nitrogen and oxygen atoms in total. The third-order valence-corrected chi connectivity index (χ3v) is 5.71. The lowest BCUT2D eigenvalue weighted by molar-refractivity contribution is -0.119. The second-order valence-corrected chi connectivity index (χ2v) is 7.89. The fraction of sp³-hybridized carbons (Fsp3) is 0.381. The summed E-state index contributed by atoms with van der Waals surface area (Å²) in [6, 6.07) is 8.15. The molecule has 158 valence electrons. The summed E-state index contributed by atoms with van der Waals surface area (Å²) < 4.78 is 5.42. The highest BCUT2D eigenvalue weighted by Crippen LogP contribution is 2.24. The van der Waals surface area contributed by atoms with Gasteiger partial charge < -0.3 is 20.3 Å². The quantitative estimate of drug-likeness (QED) is 0.694. The maximum absolute atomic E-state index is 13.0. The van der Waals surface area contributed by atoms with E-state index in [-0.39, 0.29) is 12.0 Å². The number of halogens is 1. The SMILES string of the molecule is CO[C@@H]1C[C@H](C(=O)Nc2ccc3c(c2)CCNC3)N(C(=O)Nc2ccc(Cl)cn2)C1. The number of carbonyl (C=O) groups excluding carboxylic acids is 2. The zero-order chi connectivity index (χ0) is 21.1. The first-order chi connectivity index (χ1) is 14.5. The van der Waals surface area contributed by atoms with Crippen molar-refractivity contribution >= 4 is 35.0 Å². The second kappa shape index (κ2) is 8.99. The molecule has 1 aromatic heterocycles. The van der Waals surface area contributed by atoms with E-state index < -0.39 is 12.1 Å². The number of hydrogen-bond donors (Lipinski definition) is 3. The summed E-state index contributed by atoms with van der Waals surface area (Å²) in [7, 11) is 1.58. The van der Waals surface area contributed by atoms with Gasteiger partial charge in [-0.25, -0.2) is 9.78 Å². The Kier molecular flexibility index (Phi) is 6.17. The Morgan fingerprint density at radius 3 is 2.87 bits per heavy atom. The van der Waals surface area contributed by atoms with E-state index >= 15 is 0 Å². The molecule has 2 aromatic rings. The number of fused-ring (bicyclic) bond motifs is 1. The van der Waals surface area contributed by atoms with Gasteiger partial charge in [-0.1, -0.05) is 17.7 Å². The minimum absolute atomic E-state index is 0.209. The van der Waals surface area contributed by atoms with E-state index in [9.17, 15) is 9.59 Å². The third kappa shape index (κ3) is 4.56. The molecule has 0 spiro atoms. The Bertz CT molecular complexity index is 937. The molecule has 2 atom stereocenters. The lowest BCUT2D eigenvalue weighted by Crippen LogP contribution is -2.45. The molecule has 1 fully saturated rings. The number of likely N-dealkylation sites (tertiary alicyclic amines) is 1. The number of amides is 3. The molecular weight excluding hydrogens is 406 g/mol. The number of rotatable bonds is 4. The van der Waals surface area contributed by atoms with Gasteiger partial charge in [0.25, 0.3) is 0 Å². The van der Waals surface area contributed by atoms with E-state index in [1.807, 2.05) is 18.2 Å². The molecule has 30 heavy (non-hydrogen) atoms. The average Bonchev–Trinajstić information content (AvgIpc) is 3.20. The first kappa shape index (κ1) is 20.6. The van der Waals surface area contributed by atoms with Crippen molar-refractivity contribution in [2.45, 2.75) is 31.5 Å². The molecule has 0 unspecified atom stereocenters. The standard InChI is InChI=1S/C21H24ClN5O3/c1-30-17-9-18(27(12-17)21(29)26-19-5-3-15(22)11-24-19)20(28)25-16-4-2-14-10-23-7-6-13(14)8-16/h2-5,8,11,17-18,23H,6-7,9-10,12H2,1H3,(H,25,28)(H,24,26,29)/t17-,18-/m1/s1. The van der Waals surface area contributed by atoms with Gasteiger partial charge in [-0.2, -0.15) is 0 Å². The van der Waals surface area contributed by atoms with Crippen molar-refractivity contribution in [3.8, 4) is 0 Å². The number of pyridine rings is 1. The van der Waals surface area contributed by atoms with Crippen LogP contribution in [0, 0.1) is 0 Å². The lowest BCUT2D eigenvalue weighted by Gasteiger charge is -2.24. The van der Waals surface area contributed by atoms with Gasteiger partial charge in [-0.05, 0) is 48.4 Å². The van der Waals surface area contributed by atoms with Crippen LogP contribution in [-0.4, -0.2) is 54.2 Å². The Balaban J connectivity index is 1.46. The highest BCUT2D eigenvalue weighted by molar-refractivity contribution is 6.30. The summed E-state index contributed by atoms with van der Waals surface area (Å²) in [5, 5.41) is 9.50. The van der Waals surface area contributed by atoms with E-state index in [0.717, 1.165) is 25.2 Å². The Morgan fingerprint density at radius 1 is 1.23 bits per heavy atom. The number of ether oxygens (including phenoxy) is 1. The van der Waals surface area contributed by atoms with Crippen molar-refractivity contribution < 1.29 is 14.3 Å². The topological polar surface area (TPSA) is 95.6 Å². The number of hydrogen-bond acceptors (Lipinski definition) is 5.